The molecule has 0 unspecified atom stereocenters. The third kappa shape index (κ3) is 7.84. The molecule has 0 aromatic rings. The Bertz CT molecular complexity index is 49.7. The molecule has 0 atom stereocenters. The van der Waals surface area contributed by atoms with Gasteiger partial charge in [-0.25, -0.2) is 10.1 Å². The smallest absolute Gasteiger partial charge is 0.0853 e. The van der Waals surface area contributed by atoms with Crippen molar-refractivity contribution in [2.24, 2.45) is 0 Å². The van der Waals surface area contributed by atoms with Crippen LogP contribution < -0.4 is 0 Å². The van der Waals surface area contributed by atoms with Crippen LogP contribution in [-0.2, 0) is 9.93 Å². The van der Waals surface area contributed by atoms with Crippen LogP contribution in [0.25, 0.3) is 0 Å². The van der Waals surface area contributed by atoms with Crippen LogP contribution in [0.1, 0.15) is 25.7 Å². The first-order valence-corrected chi connectivity index (χ1v) is 3.45. The van der Waals surface area contributed by atoms with Crippen molar-refractivity contribution >= 4 is 0 Å². The molecular weight excluding hydrogens is 136 g/mol. The minimum absolute atomic E-state index is 0.247. The SMILES string of the molecule is OCCCCCCOOO. The van der Waals surface area contributed by atoms with Crippen LogP contribution >= 0.6 is 0 Å². The van der Waals surface area contributed by atoms with E-state index in [1.54, 1.807) is 0 Å². The van der Waals surface area contributed by atoms with Gasteiger partial charge in [-0.2, -0.15) is 0 Å². The van der Waals surface area contributed by atoms with Gasteiger partial charge in [0.15, 0.2) is 0 Å². The second kappa shape index (κ2) is 8.84. The van der Waals surface area contributed by atoms with E-state index in [9.17, 15) is 0 Å². The summed E-state index contributed by atoms with van der Waals surface area (Å²) in [6.07, 6.45) is 3.66. The average Bonchev–Trinajstić information content (AvgIpc) is 1.97. The largest absolute Gasteiger partial charge is 0.396 e. The van der Waals surface area contributed by atoms with E-state index in [4.69, 9.17) is 10.4 Å². The molecule has 0 aliphatic heterocycles. The molecule has 4 heteroatoms. The second-order valence-corrected chi connectivity index (χ2v) is 2.03. The van der Waals surface area contributed by atoms with Crippen molar-refractivity contribution in [2.75, 3.05) is 13.2 Å². The Morgan fingerprint density at radius 1 is 1.00 bits per heavy atom. The summed E-state index contributed by atoms with van der Waals surface area (Å²) in [5.74, 6) is 0. The molecule has 0 fully saturated rings. The minimum atomic E-state index is 0.247. The highest BCUT2D eigenvalue weighted by Gasteiger charge is 1.89. The maximum atomic E-state index is 8.37. The fourth-order valence-corrected chi connectivity index (χ4v) is 0.664. The first kappa shape index (κ1) is 9.84. The number of aliphatic hydroxyl groups excluding tert-OH is 1. The maximum absolute atomic E-state index is 8.37. The summed E-state index contributed by atoms with van der Waals surface area (Å²) in [5, 5.41) is 19.5. The van der Waals surface area contributed by atoms with Crippen molar-refractivity contribution in [3.05, 3.63) is 0 Å². The summed E-state index contributed by atoms with van der Waals surface area (Å²) < 4.78 is 0. The van der Waals surface area contributed by atoms with Crippen molar-refractivity contribution in [1.82, 2.24) is 0 Å². The lowest BCUT2D eigenvalue weighted by Gasteiger charge is -1.97. The van der Waals surface area contributed by atoms with Crippen LogP contribution in [0.2, 0.25) is 0 Å². The van der Waals surface area contributed by atoms with E-state index in [1.165, 1.54) is 0 Å². The van der Waals surface area contributed by atoms with Gasteiger partial charge in [-0.1, -0.05) is 17.9 Å². The average molecular weight is 150 g/mol. The Hall–Kier alpha value is -0.160. The van der Waals surface area contributed by atoms with Gasteiger partial charge in [0.05, 0.1) is 6.61 Å². The third-order valence-electron chi connectivity index (χ3n) is 1.19. The molecule has 62 valence electrons. The van der Waals surface area contributed by atoms with Gasteiger partial charge in [-0.15, -0.1) is 0 Å². The van der Waals surface area contributed by atoms with E-state index >= 15 is 0 Å². The molecule has 0 spiro atoms. The third-order valence-corrected chi connectivity index (χ3v) is 1.19. The molecule has 0 radical (unpaired) electrons. The van der Waals surface area contributed by atoms with E-state index in [1.807, 2.05) is 0 Å². The van der Waals surface area contributed by atoms with Crippen molar-refractivity contribution in [2.45, 2.75) is 25.7 Å². The molecule has 0 heterocycles. The number of rotatable bonds is 7. The van der Waals surface area contributed by atoms with Gasteiger partial charge in [-0.3, -0.25) is 0 Å². The molecule has 0 aliphatic rings. The highest BCUT2D eigenvalue weighted by molar-refractivity contribution is 4.39. The van der Waals surface area contributed by atoms with E-state index < -0.39 is 0 Å². The molecule has 0 bridgehead atoms. The van der Waals surface area contributed by atoms with E-state index in [2.05, 4.69) is 9.93 Å². The predicted octanol–water partition coefficient (Wildman–Crippen LogP) is 0.960. The molecule has 0 aromatic carbocycles. The highest BCUT2D eigenvalue weighted by Crippen LogP contribution is 1.98. The van der Waals surface area contributed by atoms with Crippen molar-refractivity contribution in [3.8, 4) is 0 Å². The van der Waals surface area contributed by atoms with Gasteiger partial charge >= 0.3 is 0 Å². The summed E-state index contributed by atoms with van der Waals surface area (Å²) in [6.45, 7) is 0.652. The quantitative estimate of drug-likeness (QED) is 0.322. The second-order valence-electron chi connectivity index (χ2n) is 2.03. The molecule has 4 nitrogen and oxygen atoms in total. The monoisotopic (exact) mass is 150 g/mol. The van der Waals surface area contributed by atoms with Crippen LogP contribution in [0.15, 0.2) is 0 Å². The zero-order valence-electron chi connectivity index (χ0n) is 5.95. The Morgan fingerprint density at radius 3 is 2.30 bits per heavy atom. The Kier molecular flexibility index (Phi) is 8.70. The van der Waals surface area contributed by atoms with Crippen LogP contribution in [0.4, 0.5) is 0 Å². The lowest BCUT2D eigenvalue weighted by Crippen LogP contribution is -1.93. The number of hydrogen-bond acceptors (Lipinski definition) is 4. The maximum Gasteiger partial charge on any atom is 0.0853 e. The Morgan fingerprint density at radius 2 is 1.70 bits per heavy atom. The van der Waals surface area contributed by atoms with Gasteiger partial charge < -0.3 is 5.11 Å². The first-order chi connectivity index (χ1) is 4.91. The lowest BCUT2D eigenvalue weighted by atomic mass is 10.2. The summed E-state index contributed by atoms with van der Waals surface area (Å²) in [4.78, 5) is 4.21. The van der Waals surface area contributed by atoms with Gasteiger partial charge in [-0.05, 0) is 12.8 Å². The van der Waals surface area contributed by atoms with Crippen LogP contribution in [0, 0.1) is 0 Å². The molecular formula is C6H14O4. The zero-order chi connectivity index (χ0) is 7.66. The van der Waals surface area contributed by atoms with Crippen molar-refractivity contribution in [1.29, 1.82) is 0 Å². The lowest BCUT2D eigenvalue weighted by molar-refractivity contribution is -0.490. The summed E-state index contributed by atoms with van der Waals surface area (Å²) in [7, 11) is 0. The standard InChI is InChI=1S/C6H14O4/c7-5-3-1-2-4-6-9-10-8/h7-8H,1-6H2. The number of aliphatic hydroxyl groups is 1. The van der Waals surface area contributed by atoms with Crippen LogP contribution in [0.5, 0.6) is 0 Å². The number of hydrogen-bond donors (Lipinski definition) is 2. The molecule has 10 heavy (non-hydrogen) atoms. The molecule has 0 aromatic heterocycles. The molecule has 0 rings (SSSR count). The van der Waals surface area contributed by atoms with Crippen molar-refractivity contribution < 1.29 is 20.3 Å². The normalized spacial score (nSPS) is 10.2. The van der Waals surface area contributed by atoms with Gasteiger partial charge in [0, 0.05) is 6.61 Å². The molecule has 0 aliphatic carbocycles. The van der Waals surface area contributed by atoms with Gasteiger partial charge in [0.1, 0.15) is 0 Å². The Balaban J connectivity index is 2.65. The molecule has 0 saturated heterocycles. The fraction of sp³-hybridized carbons (Fsp3) is 1.00. The fourth-order valence-electron chi connectivity index (χ4n) is 0.664. The van der Waals surface area contributed by atoms with E-state index in [0.717, 1.165) is 25.7 Å². The number of unbranched alkanes of at least 4 members (excludes halogenated alkanes) is 3. The van der Waals surface area contributed by atoms with E-state index in [0.29, 0.717) is 6.61 Å². The molecule has 2 N–H and O–H groups in total. The molecule has 0 saturated carbocycles. The Labute approximate surface area is 60.2 Å². The predicted molar refractivity (Wildman–Crippen MR) is 35.2 cm³/mol. The summed E-state index contributed by atoms with van der Waals surface area (Å²) in [6, 6.07) is 0. The van der Waals surface area contributed by atoms with Gasteiger partial charge in [0.2, 0.25) is 0 Å². The summed E-state index contributed by atoms with van der Waals surface area (Å²) in [5.41, 5.74) is 0. The summed E-state index contributed by atoms with van der Waals surface area (Å²) >= 11 is 0. The van der Waals surface area contributed by atoms with E-state index in [-0.39, 0.29) is 6.61 Å². The first-order valence-electron chi connectivity index (χ1n) is 3.45. The highest BCUT2D eigenvalue weighted by atomic mass is 17.5. The van der Waals surface area contributed by atoms with Crippen LogP contribution in [-0.4, -0.2) is 23.6 Å². The zero-order valence-corrected chi connectivity index (χ0v) is 5.95. The topological polar surface area (TPSA) is 58.9 Å². The van der Waals surface area contributed by atoms with Gasteiger partial charge in [0.25, 0.3) is 0 Å². The van der Waals surface area contributed by atoms with Crippen molar-refractivity contribution in [3.63, 3.8) is 0 Å². The minimum Gasteiger partial charge on any atom is -0.396 e. The van der Waals surface area contributed by atoms with Crippen LogP contribution in [0.3, 0.4) is 0 Å². The molecule has 0 amide bonds.